The summed E-state index contributed by atoms with van der Waals surface area (Å²) in [4.78, 5) is 22.6. The summed E-state index contributed by atoms with van der Waals surface area (Å²) in [7, 11) is 0. The molecule has 0 unspecified atom stereocenters. The summed E-state index contributed by atoms with van der Waals surface area (Å²) in [6, 6.07) is 1.29. The lowest BCUT2D eigenvalue weighted by Crippen LogP contribution is -2.23. The minimum Gasteiger partial charge on any atom is -0.478 e. The Kier molecular flexibility index (Phi) is 5.42. The van der Waals surface area contributed by atoms with Crippen molar-refractivity contribution in [3.63, 3.8) is 0 Å². The van der Waals surface area contributed by atoms with Gasteiger partial charge in [0.05, 0.1) is 0 Å². The van der Waals surface area contributed by atoms with Gasteiger partial charge in [0, 0.05) is 19.0 Å². The lowest BCUT2D eigenvalue weighted by Gasteiger charge is -2.01. The molecule has 0 bridgehead atoms. The van der Waals surface area contributed by atoms with Gasteiger partial charge < -0.3 is 14.8 Å². The third-order valence-electron chi connectivity index (χ3n) is 2.65. The number of carboxylic acid groups (broad SMARTS) is 1. The highest BCUT2D eigenvalue weighted by Gasteiger charge is 2.19. The maximum atomic E-state index is 11.7. The third kappa shape index (κ3) is 3.61. The summed E-state index contributed by atoms with van der Waals surface area (Å²) in [5.74, 6) is -1.02. The number of carboxylic acids is 1. The van der Waals surface area contributed by atoms with Crippen LogP contribution in [0.5, 0.6) is 0 Å². The fourth-order valence-electron chi connectivity index (χ4n) is 1.65. The van der Waals surface area contributed by atoms with Crippen LogP contribution in [0.15, 0.2) is 10.5 Å². The van der Waals surface area contributed by atoms with Crippen LogP contribution in [0, 0.1) is 0 Å². The van der Waals surface area contributed by atoms with E-state index in [1.54, 1.807) is 6.92 Å². The molecule has 0 radical (unpaired) electrons. The molecule has 0 aliphatic rings. The summed E-state index contributed by atoms with van der Waals surface area (Å²) >= 11 is 0. The molecule has 1 aromatic rings. The quantitative estimate of drug-likeness (QED) is 0.731. The van der Waals surface area contributed by atoms with Gasteiger partial charge in [-0.05, 0) is 6.42 Å². The molecular weight excluding hydrogens is 234 g/mol. The lowest BCUT2D eigenvalue weighted by molar-refractivity contribution is 0.0694. The van der Waals surface area contributed by atoms with Gasteiger partial charge in [-0.1, -0.05) is 26.7 Å². The van der Waals surface area contributed by atoms with Crippen molar-refractivity contribution in [2.24, 2.45) is 0 Å². The van der Waals surface area contributed by atoms with Crippen molar-refractivity contribution in [1.82, 2.24) is 5.32 Å². The van der Waals surface area contributed by atoms with Crippen molar-refractivity contribution in [1.29, 1.82) is 0 Å². The maximum Gasteiger partial charge on any atom is 0.339 e. The highest BCUT2D eigenvalue weighted by Crippen LogP contribution is 2.16. The molecule has 0 saturated carbocycles. The van der Waals surface area contributed by atoms with Crippen molar-refractivity contribution in [3.05, 3.63) is 23.2 Å². The Balaban J connectivity index is 2.66. The van der Waals surface area contributed by atoms with Crippen LogP contribution in [-0.4, -0.2) is 23.5 Å². The highest BCUT2D eigenvalue weighted by molar-refractivity contribution is 5.96. The summed E-state index contributed by atoms with van der Waals surface area (Å²) in [6.07, 6.45) is 3.50. The van der Waals surface area contributed by atoms with Crippen LogP contribution in [0.1, 0.15) is 59.8 Å². The molecule has 0 atom stereocenters. The smallest absolute Gasteiger partial charge is 0.339 e. The number of nitrogens with one attached hydrogen (secondary N) is 1. The topological polar surface area (TPSA) is 79.5 Å². The number of carbonyl (C=O) groups excluding carboxylic acids is 1. The van der Waals surface area contributed by atoms with Crippen LogP contribution >= 0.6 is 0 Å². The fraction of sp³-hybridized carbons (Fsp3) is 0.538. The molecule has 1 aromatic heterocycles. The number of carbonyl (C=O) groups is 2. The Morgan fingerprint density at radius 3 is 2.56 bits per heavy atom. The van der Waals surface area contributed by atoms with Crippen LogP contribution in [0.25, 0.3) is 0 Å². The highest BCUT2D eigenvalue weighted by atomic mass is 16.4. The van der Waals surface area contributed by atoms with E-state index >= 15 is 0 Å². The van der Waals surface area contributed by atoms with Crippen molar-refractivity contribution in [2.45, 2.75) is 39.5 Å². The Morgan fingerprint density at radius 1 is 1.33 bits per heavy atom. The van der Waals surface area contributed by atoms with Gasteiger partial charge in [-0.2, -0.15) is 0 Å². The van der Waals surface area contributed by atoms with Crippen LogP contribution < -0.4 is 5.32 Å². The van der Waals surface area contributed by atoms with Gasteiger partial charge in [0.1, 0.15) is 11.3 Å². The van der Waals surface area contributed by atoms with Crippen LogP contribution in [0.2, 0.25) is 0 Å². The average Bonchev–Trinajstić information content (AvgIpc) is 2.78. The van der Waals surface area contributed by atoms with E-state index in [4.69, 9.17) is 9.52 Å². The molecule has 5 nitrogen and oxygen atoms in total. The predicted molar refractivity (Wildman–Crippen MR) is 66.9 cm³/mol. The van der Waals surface area contributed by atoms with Gasteiger partial charge in [0.15, 0.2) is 5.76 Å². The van der Waals surface area contributed by atoms with Crippen LogP contribution in [0.3, 0.4) is 0 Å². The van der Waals surface area contributed by atoms with Gasteiger partial charge in [-0.15, -0.1) is 0 Å². The number of amides is 1. The minimum absolute atomic E-state index is 0.0659. The second kappa shape index (κ2) is 6.83. The average molecular weight is 253 g/mol. The Labute approximate surface area is 106 Å². The number of aryl methyl sites for hydroxylation is 1. The van der Waals surface area contributed by atoms with E-state index in [9.17, 15) is 9.59 Å². The number of furan rings is 1. The first-order valence-electron chi connectivity index (χ1n) is 6.24. The van der Waals surface area contributed by atoms with Crippen molar-refractivity contribution >= 4 is 11.9 Å². The minimum atomic E-state index is -1.07. The first-order chi connectivity index (χ1) is 8.60. The second-order valence-electron chi connectivity index (χ2n) is 4.07. The summed E-state index contributed by atoms with van der Waals surface area (Å²) in [6.45, 7) is 4.45. The zero-order valence-corrected chi connectivity index (χ0v) is 10.8. The van der Waals surface area contributed by atoms with Gasteiger partial charge in [-0.3, -0.25) is 4.79 Å². The Morgan fingerprint density at radius 2 is 2.06 bits per heavy atom. The Hall–Kier alpha value is -1.78. The van der Waals surface area contributed by atoms with Crippen LogP contribution in [0.4, 0.5) is 0 Å². The molecule has 5 heteroatoms. The van der Waals surface area contributed by atoms with Crippen molar-refractivity contribution < 1.29 is 19.1 Å². The molecule has 0 fully saturated rings. The number of hydrogen-bond donors (Lipinski definition) is 2. The Bertz CT molecular complexity index is 423. The predicted octanol–water partition coefficient (Wildman–Crippen LogP) is 2.46. The molecule has 0 aliphatic heterocycles. The number of unbranched alkanes of at least 4 members (excludes halogenated alkanes) is 2. The van der Waals surface area contributed by atoms with Crippen molar-refractivity contribution in [3.8, 4) is 0 Å². The lowest BCUT2D eigenvalue weighted by atomic mass is 10.2. The molecule has 0 spiro atoms. The van der Waals surface area contributed by atoms with Gasteiger partial charge in [0.2, 0.25) is 0 Å². The fourth-order valence-corrected chi connectivity index (χ4v) is 1.65. The normalized spacial score (nSPS) is 10.3. The van der Waals surface area contributed by atoms with Crippen molar-refractivity contribution in [2.75, 3.05) is 6.54 Å². The molecule has 1 amide bonds. The monoisotopic (exact) mass is 253 g/mol. The number of aromatic carboxylic acids is 1. The number of rotatable bonds is 7. The van der Waals surface area contributed by atoms with E-state index < -0.39 is 5.97 Å². The van der Waals surface area contributed by atoms with E-state index in [-0.39, 0.29) is 17.2 Å². The van der Waals surface area contributed by atoms with E-state index in [2.05, 4.69) is 12.2 Å². The molecule has 0 saturated heterocycles. The zero-order chi connectivity index (χ0) is 13.5. The zero-order valence-electron chi connectivity index (χ0n) is 10.8. The molecule has 0 aromatic carbocycles. The van der Waals surface area contributed by atoms with Gasteiger partial charge in [-0.25, -0.2) is 4.79 Å². The van der Waals surface area contributed by atoms with Gasteiger partial charge in [0.25, 0.3) is 5.91 Å². The van der Waals surface area contributed by atoms with E-state index in [0.29, 0.717) is 18.7 Å². The molecular formula is C13H19NO4. The van der Waals surface area contributed by atoms with Crippen LogP contribution in [-0.2, 0) is 6.42 Å². The SMILES string of the molecule is CCCCCNC(=O)c1cc(C(=O)O)c(CC)o1. The first-order valence-corrected chi connectivity index (χ1v) is 6.24. The largest absolute Gasteiger partial charge is 0.478 e. The first kappa shape index (κ1) is 14.3. The molecule has 0 aliphatic carbocycles. The van der Waals surface area contributed by atoms with E-state index in [0.717, 1.165) is 19.3 Å². The molecule has 100 valence electrons. The molecule has 18 heavy (non-hydrogen) atoms. The summed E-state index contributed by atoms with van der Waals surface area (Å²) < 4.78 is 5.25. The standard InChI is InChI=1S/C13H19NO4/c1-3-5-6-7-14-12(15)11-8-9(13(16)17)10(4-2)18-11/h8H,3-7H2,1-2H3,(H,14,15)(H,16,17). The maximum absolute atomic E-state index is 11.7. The number of hydrogen-bond acceptors (Lipinski definition) is 3. The van der Waals surface area contributed by atoms with E-state index in [1.807, 2.05) is 0 Å². The van der Waals surface area contributed by atoms with Gasteiger partial charge >= 0.3 is 5.97 Å². The third-order valence-corrected chi connectivity index (χ3v) is 2.65. The summed E-state index contributed by atoms with van der Waals surface area (Å²) in [5, 5.41) is 11.7. The van der Waals surface area contributed by atoms with E-state index in [1.165, 1.54) is 6.07 Å². The molecule has 1 rings (SSSR count). The molecule has 2 N–H and O–H groups in total. The molecule has 1 heterocycles. The summed E-state index contributed by atoms with van der Waals surface area (Å²) in [5.41, 5.74) is 0.0659. The second-order valence-corrected chi connectivity index (χ2v) is 4.07.